The molecule has 6 heteroatoms. The molecule has 0 amide bonds. The molecule has 0 fully saturated rings. The lowest BCUT2D eigenvalue weighted by Crippen LogP contribution is -2.02. The van der Waals surface area contributed by atoms with Crippen molar-refractivity contribution in [2.24, 2.45) is 0 Å². The number of para-hydroxylation sites is 1. The molecule has 1 N–H and O–H groups in total. The second kappa shape index (κ2) is 6.58. The Balaban J connectivity index is 2.43. The van der Waals surface area contributed by atoms with Gasteiger partial charge in [0.15, 0.2) is 0 Å². The van der Waals surface area contributed by atoms with Crippen LogP contribution in [0.5, 0.6) is 0 Å². The number of hydrogen-bond donors (Lipinski definition) is 1. The summed E-state index contributed by atoms with van der Waals surface area (Å²) in [7, 11) is 0. The Hall–Kier alpha value is -2.08. The molecule has 0 saturated heterocycles. The molecule has 21 heavy (non-hydrogen) atoms. The molecule has 0 aliphatic heterocycles. The molecular formula is C15H17N3O2S. The second-order valence-corrected chi connectivity index (χ2v) is 5.73. The zero-order valence-corrected chi connectivity index (χ0v) is 13.0. The van der Waals surface area contributed by atoms with Crippen LogP contribution in [0.15, 0.2) is 40.3 Å². The minimum atomic E-state index is -0.344. The Labute approximate surface area is 127 Å². The van der Waals surface area contributed by atoms with Gasteiger partial charge < -0.3 is 5.32 Å². The van der Waals surface area contributed by atoms with E-state index in [1.165, 1.54) is 11.8 Å². The molecule has 2 aromatic rings. The summed E-state index contributed by atoms with van der Waals surface area (Å²) in [5.74, 6) is 0. The van der Waals surface area contributed by atoms with Crippen molar-refractivity contribution >= 4 is 23.1 Å². The van der Waals surface area contributed by atoms with Crippen molar-refractivity contribution in [3.63, 3.8) is 0 Å². The fraction of sp³-hybridized carbons (Fsp3) is 0.267. The van der Waals surface area contributed by atoms with E-state index in [4.69, 9.17) is 0 Å². The zero-order chi connectivity index (χ0) is 15.4. The smallest absolute Gasteiger partial charge is 0.306 e. The van der Waals surface area contributed by atoms with Gasteiger partial charge in [0.2, 0.25) is 0 Å². The first kappa shape index (κ1) is 15.3. The van der Waals surface area contributed by atoms with Crippen molar-refractivity contribution in [2.45, 2.75) is 30.7 Å². The Morgan fingerprint density at radius 2 is 2.10 bits per heavy atom. The first-order chi connectivity index (χ1) is 10.0. The van der Waals surface area contributed by atoms with E-state index in [1.54, 1.807) is 12.1 Å². The molecule has 0 atom stereocenters. The number of pyridine rings is 1. The van der Waals surface area contributed by atoms with Crippen LogP contribution >= 0.6 is 11.8 Å². The Bertz CT molecular complexity index is 654. The third kappa shape index (κ3) is 3.72. The fourth-order valence-corrected chi connectivity index (χ4v) is 3.18. The molecule has 1 aromatic heterocycles. The Kier molecular flexibility index (Phi) is 4.80. The maximum absolute atomic E-state index is 11.4. The molecule has 0 radical (unpaired) electrons. The van der Waals surface area contributed by atoms with Gasteiger partial charge >= 0.3 is 5.69 Å². The number of nitrogens with zero attached hydrogens (tertiary/aromatic N) is 2. The van der Waals surface area contributed by atoms with Gasteiger partial charge in [-0.05, 0) is 50.6 Å². The van der Waals surface area contributed by atoms with Crippen molar-refractivity contribution in [1.82, 2.24) is 4.98 Å². The first-order valence-corrected chi connectivity index (χ1v) is 7.47. The molecule has 2 rings (SSSR count). The monoisotopic (exact) mass is 303 g/mol. The van der Waals surface area contributed by atoms with Crippen LogP contribution < -0.4 is 5.32 Å². The van der Waals surface area contributed by atoms with E-state index in [0.717, 1.165) is 16.3 Å². The number of benzene rings is 1. The summed E-state index contributed by atoms with van der Waals surface area (Å²) < 4.78 is 0. The van der Waals surface area contributed by atoms with Crippen molar-refractivity contribution in [3.8, 4) is 0 Å². The highest BCUT2D eigenvalue weighted by molar-refractivity contribution is 7.99. The van der Waals surface area contributed by atoms with Crippen LogP contribution in [0.2, 0.25) is 0 Å². The van der Waals surface area contributed by atoms with Crippen LogP contribution in [0.25, 0.3) is 0 Å². The number of hydrogen-bond acceptors (Lipinski definition) is 5. The number of aromatic nitrogens is 1. The molecular weight excluding hydrogens is 286 g/mol. The molecule has 0 aliphatic rings. The van der Waals surface area contributed by atoms with Crippen molar-refractivity contribution < 1.29 is 4.92 Å². The third-order valence-corrected chi connectivity index (χ3v) is 3.81. The fourth-order valence-electron chi connectivity index (χ4n) is 2.10. The zero-order valence-electron chi connectivity index (χ0n) is 12.2. The Morgan fingerprint density at radius 1 is 1.33 bits per heavy atom. The van der Waals surface area contributed by atoms with Crippen LogP contribution in [0.1, 0.15) is 18.2 Å². The van der Waals surface area contributed by atoms with E-state index in [2.05, 4.69) is 10.3 Å². The van der Waals surface area contributed by atoms with Crippen LogP contribution in [0.4, 0.5) is 11.4 Å². The summed E-state index contributed by atoms with van der Waals surface area (Å²) in [4.78, 5) is 16.0. The van der Waals surface area contributed by atoms with Crippen LogP contribution in [0, 0.1) is 24.0 Å². The molecule has 5 nitrogen and oxygen atoms in total. The quantitative estimate of drug-likeness (QED) is 0.662. The highest BCUT2D eigenvalue weighted by atomic mass is 32.2. The van der Waals surface area contributed by atoms with E-state index in [-0.39, 0.29) is 10.6 Å². The van der Waals surface area contributed by atoms with Gasteiger partial charge in [0, 0.05) is 12.2 Å². The summed E-state index contributed by atoms with van der Waals surface area (Å²) in [6.45, 7) is 6.45. The summed E-state index contributed by atoms with van der Waals surface area (Å²) >= 11 is 1.32. The van der Waals surface area contributed by atoms with Gasteiger partial charge in [-0.25, -0.2) is 4.98 Å². The lowest BCUT2D eigenvalue weighted by molar-refractivity contribution is -0.386. The van der Waals surface area contributed by atoms with E-state index in [1.807, 2.05) is 39.0 Å². The average Bonchev–Trinajstić information content (AvgIpc) is 2.37. The molecule has 0 spiro atoms. The number of anilines is 1. The second-order valence-electron chi connectivity index (χ2n) is 4.67. The molecule has 1 aromatic carbocycles. The SMILES string of the molecule is CCNc1cccc(Sc2cc(C)cc(C)n2)c1[N+](=O)[O-]. The molecule has 0 bridgehead atoms. The first-order valence-electron chi connectivity index (χ1n) is 6.65. The maximum Gasteiger partial charge on any atom is 0.306 e. The normalized spacial score (nSPS) is 10.4. The minimum Gasteiger partial charge on any atom is -0.380 e. The standard InChI is InChI=1S/C15H17N3O2S/c1-4-16-12-6-5-7-13(15(12)18(19)20)21-14-9-10(2)8-11(3)17-14/h5-9,16H,4H2,1-3H3. The summed E-state index contributed by atoms with van der Waals surface area (Å²) in [5.41, 5.74) is 2.64. The Morgan fingerprint density at radius 3 is 2.71 bits per heavy atom. The minimum absolute atomic E-state index is 0.102. The summed E-state index contributed by atoms with van der Waals surface area (Å²) in [5, 5.41) is 15.2. The van der Waals surface area contributed by atoms with Gasteiger partial charge in [0.05, 0.1) is 9.82 Å². The number of nitro benzene ring substituents is 1. The predicted molar refractivity (Wildman–Crippen MR) is 85.1 cm³/mol. The van der Waals surface area contributed by atoms with Crippen LogP contribution in [0.3, 0.4) is 0 Å². The third-order valence-electron chi connectivity index (χ3n) is 2.84. The van der Waals surface area contributed by atoms with E-state index in [0.29, 0.717) is 17.1 Å². The highest BCUT2D eigenvalue weighted by Gasteiger charge is 2.20. The lowest BCUT2D eigenvalue weighted by Gasteiger charge is -2.09. The molecule has 1 heterocycles. The number of rotatable bonds is 5. The van der Waals surface area contributed by atoms with Crippen LogP contribution in [-0.2, 0) is 0 Å². The van der Waals surface area contributed by atoms with Gasteiger partial charge in [0.25, 0.3) is 0 Å². The van der Waals surface area contributed by atoms with Gasteiger partial charge in [-0.2, -0.15) is 0 Å². The number of nitro groups is 1. The maximum atomic E-state index is 11.4. The van der Waals surface area contributed by atoms with Gasteiger partial charge in [0.1, 0.15) is 10.7 Å². The number of nitrogens with one attached hydrogen (secondary N) is 1. The van der Waals surface area contributed by atoms with E-state index in [9.17, 15) is 10.1 Å². The van der Waals surface area contributed by atoms with Gasteiger partial charge in [-0.1, -0.05) is 17.8 Å². The topological polar surface area (TPSA) is 68.1 Å². The van der Waals surface area contributed by atoms with Crippen LogP contribution in [-0.4, -0.2) is 16.5 Å². The highest BCUT2D eigenvalue weighted by Crippen LogP contribution is 2.38. The predicted octanol–water partition coefficient (Wildman–Crippen LogP) is 4.19. The summed E-state index contributed by atoms with van der Waals surface area (Å²) in [6, 6.07) is 9.20. The molecule has 0 saturated carbocycles. The van der Waals surface area contributed by atoms with Gasteiger partial charge in [-0.15, -0.1) is 0 Å². The largest absolute Gasteiger partial charge is 0.380 e. The van der Waals surface area contributed by atoms with Crippen molar-refractivity contribution in [3.05, 3.63) is 51.7 Å². The summed E-state index contributed by atoms with van der Waals surface area (Å²) in [6.07, 6.45) is 0. The van der Waals surface area contributed by atoms with Crippen molar-refractivity contribution in [1.29, 1.82) is 0 Å². The average molecular weight is 303 g/mol. The lowest BCUT2D eigenvalue weighted by atomic mass is 10.2. The molecule has 110 valence electrons. The van der Waals surface area contributed by atoms with E-state index >= 15 is 0 Å². The van der Waals surface area contributed by atoms with E-state index < -0.39 is 0 Å². The van der Waals surface area contributed by atoms with Gasteiger partial charge in [-0.3, -0.25) is 10.1 Å². The number of aryl methyl sites for hydroxylation is 2. The van der Waals surface area contributed by atoms with Crippen molar-refractivity contribution in [2.75, 3.05) is 11.9 Å². The molecule has 0 unspecified atom stereocenters. The molecule has 0 aliphatic carbocycles.